The van der Waals surface area contributed by atoms with E-state index in [4.69, 9.17) is 0 Å². The highest BCUT2D eigenvalue weighted by Crippen LogP contribution is 2.50. The summed E-state index contributed by atoms with van der Waals surface area (Å²) in [7, 11) is 0. The summed E-state index contributed by atoms with van der Waals surface area (Å²) in [5.74, 6) is 0.0975. The molecule has 23 heavy (non-hydrogen) atoms. The molecule has 2 aromatic rings. The molecule has 1 atom stereocenters. The van der Waals surface area contributed by atoms with Crippen molar-refractivity contribution in [2.45, 2.75) is 45.1 Å². The van der Waals surface area contributed by atoms with Crippen LogP contribution in [0.25, 0.3) is 0 Å². The summed E-state index contributed by atoms with van der Waals surface area (Å²) in [5.41, 5.74) is 3.18. The molecule has 0 aromatic heterocycles. The van der Waals surface area contributed by atoms with Gasteiger partial charge in [0.25, 0.3) is 0 Å². The molecule has 1 aliphatic rings. The molecule has 1 heterocycles. The number of fused-ring (bicyclic) bond motifs is 1. The topological polar surface area (TPSA) is 20.3 Å². The number of hydrogen-bond donors (Lipinski definition) is 0. The second-order valence-electron chi connectivity index (χ2n) is 7.20. The van der Waals surface area contributed by atoms with Gasteiger partial charge in [0.1, 0.15) is 0 Å². The molecule has 0 saturated heterocycles. The van der Waals surface area contributed by atoms with E-state index in [2.05, 4.69) is 79.2 Å². The lowest BCUT2D eigenvalue weighted by Crippen LogP contribution is -2.55. The summed E-state index contributed by atoms with van der Waals surface area (Å²) in [5, 5.41) is 0. The summed E-state index contributed by atoms with van der Waals surface area (Å²) in [6.45, 7) is 8.25. The van der Waals surface area contributed by atoms with Crippen molar-refractivity contribution >= 4 is 27.5 Å². The molecule has 0 fully saturated rings. The molecule has 1 amide bonds. The monoisotopic (exact) mass is 371 g/mol. The molecule has 0 bridgehead atoms. The van der Waals surface area contributed by atoms with E-state index in [9.17, 15) is 4.79 Å². The average Bonchev–Trinajstić information content (AvgIpc) is 2.46. The largest absolute Gasteiger partial charge is 0.307 e. The first-order chi connectivity index (χ1) is 10.8. The van der Waals surface area contributed by atoms with Crippen LogP contribution >= 0.6 is 15.9 Å². The Morgan fingerprint density at radius 3 is 2.26 bits per heavy atom. The fourth-order valence-electron chi connectivity index (χ4n) is 4.17. The molecule has 0 saturated carbocycles. The molecule has 0 unspecified atom stereocenters. The Morgan fingerprint density at radius 1 is 1.04 bits per heavy atom. The Labute approximate surface area is 146 Å². The predicted molar refractivity (Wildman–Crippen MR) is 98.9 cm³/mol. The van der Waals surface area contributed by atoms with E-state index in [0.29, 0.717) is 0 Å². The molecule has 120 valence electrons. The number of hydrogen-bond acceptors (Lipinski definition) is 1. The van der Waals surface area contributed by atoms with Gasteiger partial charge in [-0.2, -0.15) is 0 Å². The Morgan fingerprint density at radius 2 is 1.65 bits per heavy atom. The van der Waals surface area contributed by atoms with Crippen LogP contribution in [0.1, 0.15) is 45.2 Å². The summed E-state index contributed by atoms with van der Waals surface area (Å²) in [6.07, 6.45) is 0.887. The maximum atomic E-state index is 12.3. The van der Waals surface area contributed by atoms with Crippen LogP contribution in [0.15, 0.2) is 53.0 Å². The first-order valence-corrected chi connectivity index (χ1v) is 8.71. The third-order valence-electron chi connectivity index (χ3n) is 4.93. The zero-order valence-corrected chi connectivity index (χ0v) is 15.6. The van der Waals surface area contributed by atoms with Crippen LogP contribution < -0.4 is 4.90 Å². The van der Waals surface area contributed by atoms with E-state index in [0.717, 1.165) is 16.6 Å². The van der Waals surface area contributed by atoms with Gasteiger partial charge < -0.3 is 4.90 Å². The van der Waals surface area contributed by atoms with Crippen molar-refractivity contribution in [2.75, 3.05) is 4.90 Å². The minimum absolute atomic E-state index is 0.0975. The van der Waals surface area contributed by atoms with Gasteiger partial charge in [-0.05, 0) is 49.6 Å². The van der Waals surface area contributed by atoms with Gasteiger partial charge in [-0.1, -0.05) is 53.2 Å². The molecule has 2 aromatic carbocycles. The number of benzene rings is 2. The molecule has 0 aliphatic carbocycles. The molecular formula is C20H22BrNO. The number of rotatable bonds is 1. The minimum atomic E-state index is -0.234. The first kappa shape index (κ1) is 16.3. The van der Waals surface area contributed by atoms with Crippen molar-refractivity contribution in [2.24, 2.45) is 0 Å². The molecule has 0 spiro atoms. The summed E-state index contributed by atoms with van der Waals surface area (Å²) in [4.78, 5) is 14.2. The molecule has 1 aliphatic heterocycles. The third-order valence-corrected chi connectivity index (χ3v) is 5.46. The smallest absolute Gasteiger partial charge is 0.224 e. The Balaban J connectivity index is 2.25. The number of anilines is 1. The zero-order chi connectivity index (χ0) is 16.8. The normalized spacial score (nSPS) is 22.6. The van der Waals surface area contributed by atoms with E-state index >= 15 is 0 Å². The maximum absolute atomic E-state index is 12.3. The SMILES string of the molecule is CC(=O)N1c2ccccc2[C@](C)(c2ccc(Br)cc2)CC1(C)C. The summed E-state index contributed by atoms with van der Waals surface area (Å²) < 4.78 is 1.08. The van der Waals surface area contributed by atoms with Crippen LogP contribution in [0.5, 0.6) is 0 Å². The molecule has 0 N–H and O–H groups in total. The Bertz CT molecular complexity index is 750. The van der Waals surface area contributed by atoms with Crippen molar-refractivity contribution in [1.82, 2.24) is 0 Å². The fraction of sp³-hybridized carbons (Fsp3) is 0.350. The number of carbonyl (C=O) groups excluding carboxylic acids is 1. The van der Waals surface area contributed by atoms with Crippen LogP contribution in [0, 0.1) is 0 Å². The molecule has 3 heteroatoms. The van der Waals surface area contributed by atoms with Crippen molar-refractivity contribution in [3.05, 3.63) is 64.1 Å². The predicted octanol–water partition coefficient (Wildman–Crippen LogP) is 5.29. The fourth-order valence-corrected chi connectivity index (χ4v) is 4.44. The van der Waals surface area contributed by atoms with Gasteiger partial charge in [-0.15, -0.1) is 0 Å². The van der Waals surface area contributed by atoms with Crippen LogP contribution in [0.4, 0.5) is 5.69 Å². The lowest BCUT2D eigenvalue weighted by molar-refractivity contribution is -0.117. The van der Waals surface area contributed by atoms with Gasteiger partial charge in [-0.25, -0.2) is 0 Å². The van der Waals surface area contributed by atoms with E-state index in [1.807, 2.05) is 11.0 Å². The van der Waals surface area contributed by atoms with Crippen LogP contribution in [0.2, 0.25) is 0 Å². The highest BCUT2D eigenvalue weighted by atomic mass is 79.9. The number of amides is 1. The second kappa shape index (κ2) is 5.48. The van der Waals surface area contributed by atoms with Gasteiger partial charge in [0, 0.05) is 28.0 Å². The Kier molecular flexibility index (Phi) is 3.88. The van der Waals surface area contributed by atoms with E-state index in [-0.39, 0.29) is 16.9 Å². The zero-order valence-electron chi connectivity index (χ0n) is 14.1. The quantitative estimate of drug-likeness (QED) is 0.666. The number of halogens is 1. The van der Waals surface area contributed by atoms with E-state index < -0.39 is 0 Å². The second-order valence-corrected chi connectivity index (χ2v) is 8.12. The van der Waals surface area contributed by atoms with Crippen LogP contribution in [-0.4, -0.2) is 11.4 Å². The van der Waals surface area contributed by atoms with Gasteiger partial charge in [0.2, 0.25) is 5.91 Å². The van der Waals surface area contributed by atoms with Crippen molar-refractivity contribution in [3.63, 3.8) is 0 Å². The van der Waals surface area contributed by atoms with Crippen molar-refractivity contribution in [3.8, 4) is 0 Å². The Hall–Kier alpha value is -1.61. The van der Waals surface area contributed by atoms with E-state index in [1.165, 1.54) is 11.1 Å². The molecule has 0 radical (unpaired) electrons. The van der Waals surface area contributed by atoms with Crippen molar-refractivity contribution in [1.29, 1.82) is 0 Å². The molecule has 3 rings (SSSR count). The number of para-hydroxylation sites is 1. The minimum Gasteiger partial charge on any atom is -0.307 e. The average molecular weight is 372 g/mol. The highest BCUT2D eigenvalue weighted by molar-refractivity contribution is 9.10. The molecular weight excluding hydrogens is 350 g/mol. The van der Waals surface area contributed by atoms with Crippen LogP contribution in [-0.2, 0) is 10.2 Å². The van der Waals surface area contributed by atoms with Gasteiger partial charge in [0.05, 0.1) is 0 Å². The number of carbonyl (C=O) groups is 1. The maximum Gasteiger partial charge on any atom is 0.224 e. The lowest BCUT2D eigenvalue weighted by atomic mass is 9.65. The highest BCUT2D eigenvalue weighted by Gasteiger charge is 2.46. The summed E-state index contributed by atoms with van der Waals surface area (Å²) >= 11 is 3.52. The lowest BCUT2D eigenvalue weighted by Gasteiger charge is -2.51. The third kappa shape index (κ3) is 2.61. The van der Waals surface area contributed by atoms with Crippen LogP contribution in [0.3, 0.4) is 0 Å². The summed E-state index contributed by atoms with van der Waals surface area (Å²) in [6, 6.07) is 16.8. The van der Waals surface area contributed by atoms with Gasteiger partial charge in [-0.3, -0.25) is 4.79 Å². The van der Waals surface area contributed by atoms with E-state index in [1.54, 1.807) is 6.92 Å². The first-order valence-electron chi connectivity index (χ1n) is 7.92. The van der Waals surface area contributed by atoms with Crippen molar-refractivity contribution < 1.29 is 4.79 Å². The van der Waals surface area contributed by atoms with Gasteiger partial charge >= 0.3 is 0 Å². The number of nitrogens with zero attached hydrogens (tertiary/aromatic N) is 1. The van der Waals surface area contributed by atoms with Gasteiger partial charge in [0.15, 0.2) is 0 Å². The molecule has 2 nitrogen and oxygen atoms in total. The standard InChI is InChI=1S/C20H22BrNO/c1-14(23)22-18-8-6-5-7-17(18)20(4,13-19(22,2)3)15-9-11-16(21)12-10-15/h5-12H,13H2,1-4H3/t20-/m0/s1.